The highest BCUT2D eigenvalue weighted by atomic mass is 19.4. The zero-order valence-electron chi connectivity index (χ0n) is 20.1. The summed E-state index contributed by atoms with van der Waals surface area (Å²) in [6.45, 7) is 8.39. The Morgan fingerprint density at radius 1 is 1.09 bits per heavy atom. The second-order valence-corrected chi connectivity index (χ2v) is 8.81. The molecule has 2 atom stereocenters. The molecule has 0 aliphatic carbocycles. The Kier molecular flexibility index (Phi) is 8.41. The molecular weight excluding hydrogens is 459 g/mol. The molecular formula is C26H30F3N3O3. The molecule has 0 radical (unpaired) electrons. The number of halogens is 3. The summed E-state index contributed by atoms with van der Waals surface area (Å²) in [7, 11) is 0. The number of alkyl halides is 3. The minimum Gasteiger partial charge on any atom is -0.491 e. The number of nitriles is 1. The van der Waals surface area contributed by atoms with Crippen LogP contribution in [0.15, 0.2) is 36.4 Å². The van der Waals surface area contributed by atoms with Gasteiger partial charge in [-0.3, -0.25) is 9.69 Å². The topological polar surface area (TPSA) is 76.8 Å². The van der Waals surface area contributed by atoms with Crippen molar-refractivity contribution in [1.29, 1.82) is 5.26 Å². The number of nitrogens with zero attached hydrogens (tertiary/aromatic N) is 3. The van der Waals surface area contributed by atoms with E-state index in [0.29, 0.717) is 31.9 Å². The second kappa shape index (κ2) is 11.1. The summed E-state index contributed by atoms with van der Waals surface area (Å²) in [6, 6.07) is 10.2. The molecule has 35 heavy (non-hydrogen) atoms. The average molecular weight is 490 g/mol. The van der Waals surface area contributed by atoms with Crippen LogP contribution in [0.1, 0.15) is 52.0 Å². The number of carbonyl (C=O) groups is 1. The first kappa shape index (κ1) is 26.5. The number of rotatable bonds is 7. The Morgan fingerprint density at radius 2 is 1.71 bits per heavy atom. The summed E-state index contributed by atoms with van der Waals surface area (Å²) >= 11 is 0. The molecule has 1 saturated heterocycles. The maximum Gasteiger partial charge on any atom is 0.416 e. The van der Waals surface area contributed by atoms with E-state index >= 15 is 0 Å². The van der Waals surface area contributed by atoms with Gasteiger partial charge in [0.15, 0.2) is 0 Å². The Hall–Kier alpha value is -3.09. The lowest BCUT2D eigenvalue weighted by Gasteiger charge is -2.39. The highest BCUT2D eigenvalue weighted by molar-refractivity contribution is 5.94. The number of hydrogen-bond donors (Lipinski definition) is 1. The molecule has 1 heterocycles. The fraction of sp³-hybridized carbons (Fsp3) is 0.462. The molecule has 2 aromatic rings. The van der Waals surface area contributed by atoms with Gasteiger partial charge in [0.1, 0.15) is 18.5 Å². The first-order valence-corrected chi connectivity index (χ1v) is 11.5. The van der Waals surface area contributed by atoms with Crippen LogP contribution in [0.25, 0.3) is 0 Å². The number of aliphatic hydroxyl groups is 1. The van der Waals surface area contributed by atoms with E-state index in [1.165, 1.54) is 12.1 Å². The number of hydrogen-bond acceptors (Lipinski definition) is 5. The van der Waals surface area contributed by atoms with Gasteiger partial charge in [0.2, 0.25) is 0 Å². The van der Waals surface area contributed by atoms with Crippen molar-refractivity contribution in [1.82, 2.24) is 9.80 Å². The van der Waals surface area contributed by atoms with Gasteiger partial charge < -0.3 is 14.7 Å². The fourth-order valence-electron chi connectivity index (χ4n) is 4.27. The van der Waals surface area contributed by atoms with Crippen molar-refractivity contribution in [2.24, 2.45) is 0 Å². The van der Waals surface area contributed by atoms with Crippen molar-refractivity contribution in [3.05, 3.63) is 64.2 Å². The molecule has 1 unspecified atom stereocenters. The Bertz CT molecular complexity index is 1070. The van der Waals surface area contributed by atoms with Gasteiger partial charge in [0, 0.05) is 37.8 Å². The number of piperazine rings is 1. The molecule has 1 aliphatic heterocycles. The lowest BCUT2D eigenvalue weighted by Crippen LogP contribution is -2.49. The number of carbonyl (C=O) groups excluding carboxylic acids is 1. The second-order valence-electron chi connectivity index (χ2n) is 8.81. The molecule has 0 spiro atoms. The molecule has 1 N–H and O–H groups in total. The van der Waals surface area contributed by atoms with Crippen LogP contribution in [-0.2, 0) is 6.18 Å². The lowest BCUT2D eigenvalue weighted by atomic mass is 9.96. The monoisotopic (exact) mass is 489 g/mol. The molecule has 9 heteroatoms. The molecule has 0 bridgehead atoms. The molecule has 3 rings (SSSR count). The summed E-state index contributed by atoms with van der Waals surface area (Å²) in [4.78, 5) is 16.7. The Morgan fingerprint density at radius 3 is 2.29 bits per heavy atom. The van der Waals surface area contributed by atoms with E-state index in [1.54, 1.807) is 4.90 Å². The maximum atomic E-state index is 12.8. The maximum absolute atomic E-state index is 12.8. The van der Waals surface area contributed by atoms with E-state index in [9.17, 15) is 23.1 Å². The van der Waals surface area contributed by atoms with Crippen LogP contribution in [0, 0.1) is 25.2 Å². The van der Waals surface area contributed by atoms with E-state index in [-0.39, 0.29) is 30.5 Å². The van der Waals surface area contributed by atoms with Crippen LogP contribution in [0.5, 0.6) is 5.75 Å². The van der Waals surface area contributed by atoms with Crippen LogP contribution in [-0.4, -0.2) is 59.7 Å². The molecule has 6 nitrogen and oxygen atoms in total. The third-order valence-electron chi connectivity index (χ3n) is 6.60. The van der Waals surface area contributed by atoms with Gasteiger partial charge in [0.05, 0.1) is 18.1 Å². The van der Waals surface area contributed by atoms with Gasteiger partial charge in [-0.25, -0.2) is 0 Å². The van der Waals surface area contributed by atoms with Crippen LogP contribution >= 0.6 is 0 Å². The standard InChI is InChI=1S/C26H30F3N3O3/c1-17-18(2)24(35-16-22(33)10-11-30)9-8-23(17)19(3)31-12-14-32(15-13-31)25(34)20-4-6-21(7-5-20)26(27,28)29/h4-9,19,22,33H,10,12-16H2,1-3H3/t19?,22-/m0/s1. The van der Waals surface area contributed by atoms with Gasteiger partial charge >= 0.3 is 6.18 Å². The summed E-state index contributed by atoms with van der Waals surface area (Å²) in [5.74, 6) is 0.403. The van der Waals surface area contributed by atoms with Crippen LogP contribution < -0.4 is 4.74 Å². The fourth-order valence-corrected chi connectivity index (χ4v) is 4.27. The third-order valence-corrected chi connectivity index (χ3v) is 6.60. The van der Waals surface area contributed by atoms with Crippen molar-refractivity contribution < 1.29 is 27.8 Å². The van der Waals surface area contributed by atoms with E-state index in [1.807, 2.05) is 32.0 Å². The summed E-state index contributed by atoms with van der Waals surface area (Å²) in [6.07, 6.45) is -5.25. The smallest absolute Gasteiger partial charge is 0.416 e. The average Bonchev–Trinajstić information content (AvgIpc) is 2.84. The van der Waals surface area contributed by atoms with Gasteiger partial charge in [-0.15, -0.1) is 0 Å². The minimum atomic E-state index is -4.43. The van der Waals surface area contributed by atoms with E-state index in [4.69, 9.17) is 10.00 Å². The lowest BCUT2D eigenvalue weighted by molar-refractivity contribution is -0.137. The number of aliphatic hydroxyl groups excluding tert-OH is 1. The van der Waals surface area contributed by atoms with Gasteiger partial charge in [0.25, 0.3) is 5.91 Å². The Labute approximate surface area is 203 Å². The van der Waals surface area contributed by atoms with Crippen LogP contribution in [0.2, 0.25) is 0 Å². The van der Waals surface area contributed by atoms with Crippen molar-refractivity contribution in [2.75, 3.05) is 32.8 Å². The van der Waals surface area contributed by atoms with Crippen molar-refractivity contribution in [3.8, 4) is 11.8 Å². The van der Waals surface area contributed by atoms with E-state index < -0.39 is 17.8 Å². The molecule has 1 aliphatic rings. The number of benzene rings is 2. The molecule has 1 fully saturated rings. The number of amides is 1. The van der Waals surface area contributed by atoms with Crippen LogP contribution in [0.4, 0.5) is 13.2 Å². The van der Waals surface area contributed by atoms with Crippen molar-refractivity contribution in [3.63, 3.8) is 0 Å². The predicted octanol–water partition coefficient (Wildman–Crippen LogP) is 4.49. The van der Waals surface area contributed by atoms with E-state index in [2.05, 4.69) is 11.8 Å². The van der Waals surface area contributed by atoms with Gasteiger partial charge in [-0.1, -0.05) is 6.07 Å². The van der Waals surface area contributed by atoms with Crippen LogP contribution in [0.3, 0.4) is 0 Å². The zero-order valence-corrected chi connectivity index (χ0v) is 20.1. The largest absolute Gasteiger partial charge is 0.491 e. The first-order valence-electron chi connectivity index (χ1n) is 11.5. The van der Waals surface area contributed by atoms with Crippen molar-refractivity contribution >= 4 is 5.91 Å². The SMILES string of the molecule is Cc1c(OC[C@@H](O)CC#N)ccc(C(C)N2CCN(C(=O)c3ccc(C(F)(F)F)cc3)CC2)c1C. The highest BCUT2D eigenvalue weighted by Crippen LogP contribution is 2.32. The molecule has 2 aromatic carbocycles. The summed E-state index contributed by atoms with van der Waals surface area (Å²) < 4.78 is 44.0. The summed E-state index contributed by atoms with van der Waals surface area (Å²) in [5.41, 5.74) is 2.66. The molecule has 0 saturated carbocycles. The van der Waals surface area contributed by atoms with Gasteiger partial charge in [-0.05, 0) is 67.8 Å². The quantitative estimate of drug-likeness (QED) is 0.620. The molecule has 188 valence electrons. The normalized spacial score (nSPS) is 16.5. The molecule has 1 amide bonds. The predicted molar refractivity (Wildman–Crippen MR) is 125 cm³/mol. The summed E-state index contributed by atoms with van der Waals surface area (Å²) in [5, 5.41) is 18.4. The van der Waals surface area contributed by atoms with Gasteiger partial charge in [-0.2, -0.15) is 18.4 Å². The first-order chi connectivity index (χ1) is 16.5. The van der Waals surface area contributed by atoms with E-state index in [0.717, 1.165) is 28.8 Å². The Balaban J connectivity index is 1.60. The third kappa shape index (κ3) is 6.32. The number of ether oxygens (including phenoxy) is 1. The van der Waals surface area contributed by atoms with Crippen molar-refractivity contribution in [2.45, 2.75) is 45.5 Å². The zero-order chi connectivity index (χ0) is 25.8. The molecule has 0 aromatic heterocycles. The minimum absolute atomic E-state index is 0.0144. The highest BCUT2D eigenvalue weighted by Gasteiger charge is 2.31.